The average molecular weight is 494 g/mol. The van der Waals surface area contributed by atoms with Crippen molar-refractivity contribution in [2.24, 2.45) is 0 Å². The van der Waals surface area contributed by atoms with Crippen molar-refractivity contribution in [3.8, 4) is 0 Å². The molecule has 1 unspecified atom stereocenters. The maximum atomic E-state index is 13.3. The van der Waals surface area contributed by atoms with Crippen LogP contribution in [0.25, 0.3) is 0 Å². The summed E-state index contributed by atoms with van der Waals surface area (Å²) in [4.78, 5) is 15.0. The van der Waals surface area contributed by atoms with Crippen LogP contribution in [0.2, 0.25) is 5.02 Å². The van der Waals surface area contributed by atoms with Crippen LogP contribution in [0.5, 0.6) is 0 Å². The van der Waals surface area contributed by atoms with Crippen molar-refractivity contribution >= 4 is 43.1 Å². The van der Waals surface area contributed by atoms with E-state index < -0.39 is 31.7 Å². The van der Waals surface area contributed by atoms with Gasteiger partial charge in [-0.2, -0.15) is 0 Å². The molecule has 1 heterocycles. The number of nitrogens with zero attached hydrogens (tertiary/aromatic N) is 1. The Labute approximate surface area is 191 Å². The number of carbonyl (C=O) groups excluding carboxylic acids is 1. The van der Waals surface area contributed by atoms with E-state index in [0.717, 1.165) is 0 Å². The fraction of sp³-hybridized carbons (Fsp3) is 0.143. The van der Waals surface area contributed by atoms with E-state index >= 15 is 0 Å². The molecule has 0 saturated heterocycles. The van der Waals surface area contributed by atoms with Gasteiger partial charge in [0.25, 0.3) is 0 Å². The van der Waals surface area contributed by atoms with Crippen LogP contribution in [-0.4, -0.2) is 34.3 Å². The second-order valence-electron chi connectivity index (χ2n) is 6.83. The van der Waals surface area contributed by atoms with E-state index in [2.05, 4.69) is 15.0 Å². The van der Waals surface area contributed by atoms with Crippen LogP contribution in [0.1, 0.15) is 17.7 Å². The lowest BCUT2D eigenvalue weighted by atomic mass is 10.2. The molecule has 0 saturated carbocycles. The molecule has 11 heteroatoms. The first-order valence-electron chi connectivity index (χ1n) is 9.36. The van der Waals surface area contributed by atoms with Gasteiger partial charge in [0.2, 0.25) is 15.9 Å². The standard InChI is InChI=1S/C21H20ClN3O5S2/c1-15(26)25-18-6-10-20(11-7-18)32(29,30)24-14-21(16-3-2-12-23-13-16)31(27,28)19-8-4-17(22)5-9-19/h2-13,21,24H,14H2,1H3,(H,25,26). The highest BCUT2D eigenvalue weighted by atomic mass is 35.5. The molecule has 1 amide bonds. The molecule has 1 atom stereocenters. The van der Waals surface area contributed by atoms with Crippen LogP contribution in [0, 0.1) is 0 Å². The molecule has 2 aromatic carbocycles. The number of rotatable bonds is 8. The van der Waals surface area contributed by atoms with Gasteiger partial charge in [-0.1, -0.05) is 17.7 Å². The molecule has 0 aliphatic rings. The summed E-state index contributed by atoms with van der Waals surface area (Å²) in [6, 6.07) is 14.3. The lowest BCUT2D eigenvalue weighted by Crippen LogP contribution is -2.32. The minimum atomic E-state index is -4.03. The number of nitrogens with one attached hydrogen (secondary N) is 2. The van der Waals surface area contributed by atoms with E-state index in [1.165, 1.54) is 67.8 Å². The fourth-order valence-corrected chi connectivity index (χ4v) is 5.87. The Morgan fingerprint density at radius 3 is 2.16 bits per heavy atom. The first-order chi connectivity index (χ1) is 15.1. The third-order valence-electron chi connectivity index (χ3n) is 4.52. The Morgan fingerprint density at radius 2 is 1.59 bits per heavy atom. The number of halogens is 1. The zero-order valence-electron chi connectivity index (χ0n) is 16.9. The third-order valence-corrected chi connectivity index (χ3v) is 8.33. The molecule has 8 nitrogen and oxygen atoms in total. The summed E-state index contributed by atoms with van der Waals surface area (Å²) in [6.07, 6.45) is 2.88. The highest BCUT2D eigenvalue weighted by molar-refractivity contribution is 7.92. The summed E-state index contributed by atoms with van der Waals surface area (Å²) in [5, 5.41) is 1.71. The minimum Gasteiger partial charge on any atom is -0.326 e. The number of sulfonamides is 1. The zero-order valence-corrected chi connectivity index (χ0v) is 19.3. The monoisotopic (exact) mass is 493 g/mol. The van der Waals surface area contributed by atoms with Gasteiger partial charge in [0, 0.05) is 36.6 Å². The lowest BCUT2D eigenvalue weighted by Gasteiger charge is -2.19. The molecule has 0 spiro atoms. The van der Waals surface area contributed by atoms with Gasteiger partial charge in [0.1, 0.15) is 5.25 Å². The van der Waals surface area contributed by atoms with Crippen LogP contribution in [-0.2, 0) is 24.7 Å². The number of aromatic nitrogens is 1. The average Bonchev–Trinajstić information content (AvgIpc) is 2.75. The highest BCUT2D eigenvalue weighted by Gasteiger charge is 2.31. The molecule has 168 valence electrons. The molecule has 1 aromatic heterocycles. The summed E-state index contributed by atoms with van der Waals surface area (Å²) in [5.41, 5.74) is 0.779. The number of hydrogen-bond donors (Lipinski definition) is 2. The molecular formula is C21H20ClN3O5S2. The largest absolute Gasteiger partial charge is 0.326 e. The number of anilines is 1. The van der Waals surface area contributed by atoms with Crippen molar-refractivity contribution in [3.63, 3.8) is 0 Å². The number of benzene rings is 2. The van der Waals surface area contributed by atoms with Gasteiger partial charge in [-0.05, 0) is 60.2 Å². The number of amides is 1. The second-order valence-corrected chi connectivity index (χ2v) is 11.2. The van der Waals surface area contributed by atoms with Crippen molar-refractivity contribution in [1.29, 1.82) is 0 Å². The number of carbonyl (C=O) groups is 1. The SMILES string of the molecule is CC(=O)Nc1ccc(S(=O)(=O)NCC(c2cccnc2)S(=O)(=O)c2ccc(Cl)cc2)cc1. The van der Waals surface area contributed by atoms with Crippen LogP contribution < -0.4 is 10.0 Å². The lowest BCUT2D eigenvalue weighted by molar-refractivity contribution is -0.114. The highest BCUT2D eigenvalue weighted by Crippen LogP contribution is 2.29. The van der Waals surface area contributed by atoms with E-state index in [0.29, 0.717) is 16.3 Å². The first kappa shape index (κ1) is 23.9. The van der Waals surface area contributed by atoms with E-state index in [1.807, 2.05) is 0 Å². The predicted octanol–water partition coefficient (Wildman–Crippen LogP) is 3.19. The second kappa shape index (κ2) is 9.78. The Kier molecular flexibility index (Phi) is 7.29. The molecule has 0 bridgehead atoms. The fourth-order valence-electron chi connectivity index (χ4n) is 2.95. The van der Waals surface area contributed by atoms with Crippen molar-refractivity contribution in [1.82, 2.24) is 9.71 Å². The number of sulfone groups is 1. The van der Waals surface area contributed by atoms with Crippen molar-refractivity contribution < 1.29 is 21.6 Å². The zero-order chi connectivity index (χ0) is 23.4. The summed E-state index contributed by atoms with van der Waals surface area (Å²) in [7, 11) is -8.00. The molecule has 0 radical (unpaired) electrons. The Hall–Kier alpha value is -2.79. The molecule has 0 aliphatic heterocycles. The van der Waals surface area contributed by atoms with Gasteiger partial charge in [0.15, 0.2) is 9.84 Å². The summed E-state index contributed by atoms with van der Waals surface area (Å²) < 4.78 is 54.5. The molecule has 2 N–H and O–H groups in total. The molecule has 3 aromatic rings. The predicted molar refractivity (Wildman–Crippen MR) is 122 cm³/mol. The molecule has 0 aliphatic carbocycles. The van der Waals surface area contributed by atoms with Crippen molar-refractivity contribution in [3.05, 3.63) is 83.6 Å². The quantitative estimate of drug-likeness (QED) is 0.497. The van der Waals surface area contributed by atoms with Gasteiger partial charge in [0.05, 0.1) is 9.79 Å². The van der Waals surface area contributed by atoms with Crippen molar-refractivity contribution in [2.45, 2.75) is 22.0 Å². The Balaban J connectivity index is 1.89. The number of pyridine rings is 1. The van der Waals surface area contributed by atoms with E-state index in [1.54, 1.807) is 12.1 Å². The van der Waals surface area contributed by atoms with Gasteiger partial charge >= 0.3 is 0 Å². The van der Waals surface area contributed by atoms with E-state index in [9.17, 15) is 21.6 Å². The molecule has 0 fully saturated rings. The van der Waals surface area contributed by atoms with Crippen LogP contribution >= 0.6 is 11.6 Å². The molecule has 32 heavy (non-hydrogen) atoms. The van der Waals surface area contributed by atoms with Gasteiger partial charge in [-0.25, -0.2) is 21.6 Å². The van der Waals surface area contributed by atoms with Gasteiger partial charge in [-0.3, -0.25) is 9.78 Å². The maximum Gasteiger partial charge on any atom is 0.240 e. The van der Waals surface area contributed by atoms with Gasteiger partial charge in [-0.15, -0.1) is 0 Å². The Bertz CT molecular complexity index is 1300. The smallest absolute Gasteiger partial charge is 0.240 e. The minimum absolute atomic E-state index is 0.00890. The van der Waals surface area contributed by atoms with Crippen LogP contribution in [0.15, 0.2) is 82.8 Å². The summed E-state index contributed by atoms with van der Waals surface area (Å²) in [5.74, 6) is -0.287. The normalized spacial score (nSPS) is 12.8. The maximum absolute atomic E-state index is 13.3. The summed E-state index contributed by atoms with van der Waals surface area (Å²) in [6.45, 7) is 0.929. The van der Waals surface area contributed by atoms with E-state index in [4.69, 9.17) is 11.6 Å². The first-order valence-corrected chi connectivity index (χ1v) is 12.8. The van der Waals surface area contributed by atoms with Crippen LogP contribution in [0.4, 0.5) is 5.69 Å². The molecule has 3 rings (SSSR count). The van der Waals surface area contributed by atoms with Crippen molar-refractivity contribution in [2.75, 3.05) is 11.9 Å². The van der Waals surface area contributed by atoms with Crippen LogP contribution in [0.3, 0.4) is 0 Å². The molecular weight excluding hydrogens is 474 g/mol. The third kappa shape index (κ3) is 5.71. The van der Waals surface area contributed by atoms with E-state index in [-0.39, 0.29) is 15.7 Å². The summed E-state index contributed by atoms with van der Waals surface area (Å²) >= 11 is 5.87. The number of hydrogen-bond acceptors (Lipinski definition) is 6. The topological polar surface area (TPSA) is 122 Å². The Morgan fingerprint density at radius 1 is 0.969 bits per heavy atom. The van der Waals surface area contributed by atoms with Gasteiger partial charge < -0.3 is 5.32 Å².